The summed E-state index contributed by atoms with van der Waals surface area (Å²) in [7, 11) is 0. The van der Waals surface area contributed by atoms with E-state index in [1.807, 2.05) is 11.8 Å². The predicted octanol–water partition coefficient (Wildman–Crippen LogP) is 3.03. The highest BCUT2D eigenvalue weighted by Gasteiger charge is 2.17. The van der Waals surface area contributed by atoms with Crippen LogP contribution in [0.3, 0.4) is 0 Å². The minimum Gasteiger partial charge on any atom is -0.384 e. The molecule has 0 unspecified atom stereocenters. The van der Waals surface area contributed by atoms with E-state index in [4.69, 9.17) is 11.1 Å². The van der Waals surface area contributed by atoms with E-state index in [1.54, 1.807) is 11.8 Å². The van der Waals surface area contributed by atoms with Crippen molar-refractivity contribution in [2.75, 3.05) is 35.2 Å². The third-order valence-corrected chi connectivity index (χ3v) is 5.12. The number of hydrogen-bond acceptors (Lipinski definition) is 4. The zero-order chi connectivity index (χ0) is 13.7. The maximum absolute atomic E-state index is 7.90. The summed E-state index contributed by atoms with van der Waals surface area (Å²) in [5.41, 5.74) is 7.88. The van der Waals surface area contributed by atoms with Gasteiger partial charge >= 0.3 is 0 Å². The lowest BCUT2D eigenvalue weighted by molar-refractivity contribution is 0.813. The monoisotopic (exact) mass is 295 g/mol. The molecule has 0 atom stereocenters. The fraction of sp³-hybridized carbons (Fsp3) is 0.500. The third-order valence-electron chi connectivity index (χ3n) is 3.14. The highest BCUT2D eigenvalue weighted by Crippen LogP contribution is 2.31. The predicted molar refractivity (Wildman–Crippen MR) is 88.0 cm³/mol. The van der Waals surface area contributed by atoms with Crippen molar-refractivity contribution in [1.29, 1.82) is 5.41 Å². The number of hydrogen-bond donors (Lipinski definition) is 2. The standard InChI is InChI=1S/C14H21N3S2/c1-2-19-12-6-3-5-11(13(12)14(15)16)17-7-4-9-18-10-8-17/h3,5-6H,2,4,7-10H2,1H3,(H3,15,16). The number of nitrogens with one attached hydrogen (secondary N) is 1. The molecule has 1 fully saturated rings. The van der Waals surface area contributed by atoms with Gasteiger partial charge < -0.3 is 10.6 Å². The van der Waals surface area contributed by atoms with Crippen molar-refractivity contribution in [2.45, 2.75) is 18.2 Å². The highest BCUT2D eigenvalue weighted by molar-refractivity contribution is 7.99. The molecule has 0 aliphatic carbocycles. The quantitative estimate of drug-likeness (QED) is 0.509. The summed E-state index contributed by atoms with van der Waals surface area (Å²) in [6.45, 7) is 4.24. The van der Waals surface area contributed by atoms with Crippen LogP contribution in [0.1, 0.15) is 18.9 Å². The Morgan fingerprint density at radius 3 is 3.00 bits per heavy atom. The van der Waals surface area contributed by atoms with Gasteiger partial charge in [0.1, 0.15) is 5.84 Å². The molecule has 104 valence electrons. The lowest BCUT2D eigenvalue weighted by Crippen LogP contribution is -2.28. The molecular weight excluding hydrogens is 274 g/mol. The minimum atomic E-state index is 0.184. The molecular formula is C14H21N3S2. The Bertz CT molecular complexity index is 440. The molecule has 1 saturated heterocycles. The minimum absolute atomic E-state index is 0.184. The normalized spacial score (nSPS) is 16.2. The van der Waals surface area contributed by atoms with E-state index in [0.29, 0.717) is 0 Å². The first-order chi connectivity index (χ1) is 9.24. The Hall–Kier alpha value is -0.810. The van der Waals surface area contributed by atoms with E-state index in [0.717, 1.165) is 40.7 Å². The van der Waals surface area contributed by atoms with E-state index < -0.39 is 0 Å². The number of amidine groups is 1. The zero-order valence-electron chi connectivity index (χ0n) is 11.3. The molecule has 0 spiro atoms. The number of rotatable bonds is 4. The van der Waals surface area contributed by atoms with Crippen molar-refractivity contribution in [1.82, 2.24) is 0 Å². The van der Waals surface area contributed by atoms with Gasteiger partial charge in [-0.2, -0.15) is 11.8 Å². The lowest BCUT2D eigenvalue weighted by Gasteiger charge is -2.26. The van der Waals surface area contributed by atoms with Gasteiger partial charge in [0.15, 0.2) is 0 Å². The first-order valence-corrected chi connectivity index (χ1v) is 8.81. The summed E-state index contributed by atoms with van der Waals surface area (Å²) < 4.78 is 0. The molecule has 1 heterocycles. The Kier molecular flexibility index (Phi) is 5.45. The maximum atomic E-state index is 7.90. The van der Waals surface area contributed by atoms with Crippen molar-refractivity contribution in [3.05, 3.63) is 23.8 Å². The number of nitrogen functional groups attached to an aromatic ring is 1. The molecule has 0 radical (unpaired) electrons. The Labute approximate surface area is 123 Å². The molecule has 1 aromatic carbocycles. The van der Waals surface area contributed by atoms with Crippen LogP contribution in [0.25, 0.3) is 0 Å². The summed E-state index contributed by atoms with van der Waals surface area (Å²) in [5.74, 6) is 3.57. The molecule has 5 heteroatoms. The Morgan fingerprint density at radius 2 is 2.26 bits per heavy atom. The van der Waals surface area contributed by atoms with Gasteiger partial charge in [-0.1, -0.05) is 13.0 Å². The molecule has 3 N–H and O–H groups in total. The van der Waals surface area contributed by atoms with Crippen LogP contribution in [0, 0.1) is 5.41 Å². The van der Waals surface area contributed by atoms with Crippen LogP contribution >= 0.6 is 23.5 Å². The van der Waals surface area contributed by atoms with Gasteiger partial charge in [0.2, 0.25) is 0 Å². The first kappa shape index (κ1) is 14.6. The molecule has 0 bridgehead atoms. The average molecular weight is 295 g/mol. The Balaban J connectivity index is 2.37. The van der Waals surface area contributed by atoms with Gasteiger partial charge in [-0.15, -0.1) is 11.8 Å². The van der Waals surface area contributed by atoms with Crippen LogP contribution in [0.2, 0.25) is 0 Å². The van der Waals surface area contributed by atoms with Crippen molar-refractivity contribution in [3.8, 4) is 0 Å². The largest absolute Gasteiger partial charge is 0.384 e. The molecule has 3 nitrogen and oxygen atoms in total. The van der Waals surface area contributed by atoms with Gasteiger partial charge in [-0.25, -0.2) is 0 Å². The highest BCUT2D eigenvalue weighted by atomic mass is 32.2. The van der Waals surface area contributed by atoms with Crippen LogP contribution in [0.4, 0.5) is 5.69 Å². The molecule has 1 aliphatic rings. The van der Waals surface area contributed by atoms with Gasteiger partial charge in [0, 0.05) is 29.4 Å². The fourth-order valence-electron chi connectivity index (χ4n) is 2.32. The molecule has 19 heavy (non-hydrogen) atoms. The number of anilines is 1. The van der Waals surface area contributed by atoms with Crippen molar-refractivity contribution in [2.24, 2.45) is 5.73 Å². The summed E-state index contributed by atoms with van der Waals surface area (Å²) in [4.78, 5) is 3.51. The number of nitrogens with two attached hydrogens (primary N) is 1. The average Bonchev–Trinajstić information content (AvgIpc) is 2.67. The Morgan fingerprint density at radius 1 is 1.42 bits per heavy atom. The van der Waals surface area contributed by atoms with Crippen LogP contribution < -0.4 is 10.6 Å². The molecule has 2 rings (SSSR count). The second kappa shape index (κ2) is 7.10. The van der Waals surface area contributed by atoms with E-state index >= 15 is 0 Å². The van der Waals surface area contributed by atoms with Crippen molar-refractivity contribution >= 4 is 35.0 Å². The van der Waals surface area contributed by atoms with Gasteiger partial charge in [0.05, 0.1) is 5.56 Å². The lowest BCUT2D eigenvalue weighted by atomic mass is 10.1. The summed E-state index contributed by atoms with van der Waals surface area (Å²) in [5, 5.41) is 7.90. The second-order valence-corrected chi connectivity index (χ2v) is 6.98. The zero-order valence-corrected chi connectivity index (χ0v) is 12.9. The van der Waals surface area contributed by atoms with E-state index in [-0.39, 0.29) is 5.84 Å². The summed E-state index contributed by atoms with van der Waals surface area (Å²) >= 11 is 3.77. The van der Waals surface area contributed by atoms with Crippen molar-refractivity contribution in [3.63, 3.8) is 0 Å². The molecule has 0 saturated carbocycles. The van der Waals surface area contributed by atoms with E-state index in [1.165, 1.54) is 12.2 Å². The third kappa shape index (κ3) is 3.60. The fourth-order valence-corrected chi connectivity index (χ4v) is 4.05. The number of thioether (sulfide) groups is 2. The summed E-state index contributed by atoms with van der Waals surface area (Å²) in [6, 6.07) is 6.26. The molecule has 0 amide bonds. The molecule has 1 aliphatic heterocycles. The van der Waals surface area contributed by atoms with Gasteiger partial charge in [-0.3, -0.25) is 5.41 Å². The van der Waals surface area contributed by atoms with Crippen LogP contribution in [0.5, 0.6) is 0 Å². The van der Waals surface area contributed by atoms with Gasteiger partial charge in [0.25, 0.3) is 0 Å². The smallest absolute Gasteiger partial charge is 0.126 e. The number of benzene rings is 1. The number of nitrogens with zero attached hydrogens (tertiary/aromatic N) is 1. The van der Waals surface area contributed by atoms with Crippen LogP contribution in [-0.4, -0.2) is 36.2 Å². The first-order valence-electron chi connectivity index (χ1n) is 6.67. The SMILES string of the molecule is CCSc1cccc(N2CCCSCC2)c1C(=N)N. The summed E-state index contributed by atoms with van der Waals surface area (Å²) in [6.07, 6.45) is 1.20. The van der Waals surface area contributed by atoms with Crippen LogP contribution in [0.15, 0.2) is 23.1 Å². The van der Waals surface area contributed by atoms with E-state index in [2.05, 4.69) is 30.0 Å². The molecule has 1 aromatic rings. The van der Waals surface area contributed by atoms with Crippen molar-refractivity contribution < 1.29 is 0 Å². The molecule has 0 aromatic heterocycles. The van der Waals surface area contributed by atoms with E-state index in [9.17, 15) is 0 Å². The topological polar surface area (TPSA) is 53.1 Å². The van der Waals surface area contributed by atoms with Gasteiger partial charge in [-0.05, 0) is 30.1 Å². The maximum Gasteiger partial charge on any atom is 0.126 e. The second-order valence-electron chi connectivity index (χ2n) is 4.45. The van der Waals surface area contributed by atoms with Crippen LogP contribution in [-0.2, 0) is 0 Å².